The van der Waals surface area contributed by atoms with Gasteiger partial charge in [-0.15, -0.1) is 0 Å². The molecule has 8 heteroatoms. The molecule has 0 radical (unpaired) electrons. The number of carbonyl (C=O) groups excluding carboxylic acids is 1. The lowest BCUT2D eigenvalue weighted by atomic mass is 10.3. The number of sulfone groups is 1. The zero-order chi connectivity index (χ0) is 16.6. The molecule has 0 spiro atoms. The second-order valence-corrected chi connectivity index (χ2v) is 7.83. The lowest BCUT2D eigenvalue weighted by molar-refractivity contribution is -0.129. The lowest BCUT2D eigenvalue weighted by Gasteiger charge is -2.18. The number of rotatable bonds is 7. The van der Waals surface area contributed by atoms with Crippen LogP contribution in [0, 0.1) is 0 Å². The largest absolute Gasteiger partial charge is 0.357 e. The van der Waals surface area contributed by atoms with Crippen molar-refractivity contribution in [2.75, 3.05) is 38.2 Å². The molecule has 0 aromatic heterocycles. The minimum absolute atomic E-state index is 0.151. The molecule has 0 bridgehead atoms. The Morgan fingerprint density at radius 2 is 2.09 bits per heavy atom. The van der Waals surface area contributed by atoms with Crippen LogP contribution >= 0.6 is 0 Å². The van der Waals surface area contributed by atoms with Crippen LogP contribution in [0.1, 0.15) is 33.1 Å². The number of likely N-dealkylation sites (tertiary alicyclic amines) is 1. The van der Waals surface area contributed by atoms with Crippen molar-refractivity contribution in [1.29, 1.82) is 0 Å². The van der Waals surface area contributed by atoms with Crippen LogP contribution in [0.4, 0.5) is 0 Å². The normalized spacial score (nSPS) is 19.3. The summed E-state index contributed by atoms with van der Waals surface area (Å²) in [4.78, 5) is 17.9. The highest BCUT2D eigenvalue weighted by Crippen LogP contribution is 2.10. The van der Waals surface area contributed by atoms with E-state index in [2.05, 4.69) is 15.6 Å². The van der Waals surface area contributed by atoms with Crippen molar-refractivity contribution in [3.63, 3.8) is 0 Å². The van der Waals surface area contributed by atoms with Crippen LogP contribution in [0.15, 0.2) is 4.99 Å². The number of nitrogens with one attached hydrogen (secondary N) is 2. The summed E-state index contributed by atoms with van der Waals surface area (Å²) >= 11 is 0. The van der Waals surface area contributed by atoms with E-state index in [0.29, 0.717) is 31.9 Å². The average Bonchev–Trinajstić information content (AvgIpc) is 2.90. The van der Waals surface area contributed by atoms with Gasteiger partial charge in [-0.3, -0.25) is 9.79 Å². The molecule has 1 heterocycles. The Morgan fingerprint density at radius 1 is 1.36 bits per heavy atom. The first-order valence-electron chi connectivity index (χ1n) is 7.86. The van der Waals surface area contributed by atoms with Gasteiger partial charge in [-0.25, -0.2) is 8.42 Å². The molecular weight excluding hydrogens is 304 g/mol. The SMILES string of the molecule is CCNC(=NCCCS(C)(=O)=O)NC1CCN(C(=O)CC)C1. The molecule has 7 nitrogen and oxygen atoms in total. The molecule has 0 aromatic rings. The first-order chi connectivity index (χ1) is 10.4. The van der Waals surface area contributed by atoms with E-state index in [1.807, 2.05) is 18.7 Å². The van der Waals surface area contributed by atoms with E-state index in [4.69, 9.17) is 0 Å². The van der Waals surface area contributed by atoms with Crippen molar-refractivity contribution in [3.05, 3.63) is 0 Å². The van der Waals surface area contributed by atoms with Crippen molar-refractivity contribution in [1.82, 2.24) is 15.5 Å². The van der Waals surface area contributed by atoms with Crippen molar-refractivity contribution in [3.8, 4) is 0 Å². The molecule has 128 valence electrons. The Balaban J connectivity index is 2.45. The third-order valence-corrected chi connectivity index (χ3v) is 4.50. The van der Waals surface area contributed by atoms with Gasteiger partial charge in [-0.2, -0.15) is 0 Å². The Bertz CT molecular complexity index is 490. The van der Waals surface area contributed by atoms with E-state index in [-0.39, 0.29) is 17.7 Å². The summed E-state index contributed by atoms with van der Waals surface area (Å²) in [5.74, 6) is 1.02. The maximum atomic E-state index is 11.7. The standard InChI is InChI=1S/C14H28N4O3S/c1-4-13(19)18-9-7-12(11-18)17-14(15-5-2)16-8-6-10-22(3,20)21/h12H,4-11H2,1-3H3,(H2,15,16,17). The van der Waals surface area contributed by atoms with Gasteiger partial charge in [0.2, 0.25) is 5.91 Å². The quantitative estimate of drug-likeness (QED) is 0.389. The van der Waals surface area contributed by atoms with Gasteiger partial charge in [0.25, 0.3) is 0 Å². The highest BCUT2D eigenvalue weighted by molar-refractivity contribution is 7.90. The van der Waals surface area contributed by atoms with Crippen LogP contribution in [-0.4, -0.2) is 69.4 Å². The molecule has 0 aromatic carbocycles. The van der Waals surface area contributed by atoms with E-state index >= 15 is 0 Å². The summed E-state index contributed by atoms with van der Waals surface area (Å²) < 4.78 is 22.2. The summed E-state index contributed by atoms with van der Waals surface area (Å²) in [5.41, 5.74) is 0. The monoisotopic (exact) mass is 332 g/mol. The highest BCUT2D eigenvalue weighted by Gasteiger charge is 2.25. The third kappa shape index (κ3) is 7.11. The fourth-order valence-corrected chi connectivity index (χ4v) is 3.01. The highest BCUT2D eigenvalue weighted by atomic mass is 32.2. The summed E-state index contributed by atoms with van der Waals surface area (Å²) in [6.45, 7) is 6.53. The number of aliphatic imine (C=N–C) groups is 1. The van der Waals surface area contributed by atoms with Gasteiger partial charge in [-0.05, 0) is 19.8 Å². The van der Waals surface area contributed by atoms with Crippen LogP contribution < -0.4 is 10.6 Å². The first-order valence-corrected chi connectivity index (χ1v) is 9.92. The molecule has 1 saturated heterocycles. The van der Waals surface area contributed by atoms with Crippen LogP contribution in [-0.2, 0) is 14.6 Å². The maximum absolute atomic E-state index is 11.7. The number of hydrogen-bond donors (Lipinski definition) is 2. The second kappa shape index (κ2) is 8.97. The lowest BCUT2D eigenvalue weighted by Crippen LogP contribution is -2.45. The molecule has 1 aliphatic rings. The van der Waals surface area contributed by atoms with E-state index in [9.17, 15) is 13.2 Å². The molecule has 1 fully saturated rings. The first kappa shape index (κ1) is 18.7. The second-order valence-electron chi connectivity index (χ2n) is 5.57. The Kier molecular flexibility index (Phi) is 7.64. The fourth-order valence-electron chi connectivity index (χ4n) is 2.36. The number of guanidine groups is 1. The van der Waals surface area contributed by atoms with Gasteiger partial charge in [0, 0.05) is 44.9 Å². The van der Waals surface area contributed by atoms with Crippen LogP contribution in [0.3, 0.4) is 0 Å². The summed E-state index contributed by atoms with van der Waals surface area (Å²) in [6, 6.07) is 0.197. The van der Waals surface area contributed by atoms with E-state index in [1.54, 1.807) is 0 Å². The predicted molar refractivity (Wildman–Crippen MR) is 88.7 cm³/mol. The molecule has 1 aliphatic heterocycles. The zero-order valence-electron chi connectivity index (χ0n) is 13.8. The molecular formula is C14H28N4O3S. The number of nitrogens with zero attached hydrogens (tertiary/aromatic N) is 2. The predicted octanol–water partition coefficient (Wildman–Crippen LogP) is -0.0129. The van der Waals surface area contributed by atoms with E-state index < -0.39 is 9.84 Å². The fraction of sp³-hybridized carbons (Fsp3) is 0.857. The maximum Gasteiger partial charge on any atom is 0.222 e. The summed E-state index contributed by atoms with van der Waals surface area (Å²) in [6.07, 6.45) is 3.18. The average molecular weight is 332 g/mol. The van der Waals surface area contributed by atoms with E-state index in [1.165, 1.54) is 6.26 Å². The third-order valence-electron chi connectivity index (χ3n) is 3.47. The summed E-state index contributed by atoms with van der Waals surface area (Å²) in [7, 11) is -2.93. The Hall–Kier alpha value is -1.31. The van der Waals surface area contributed by atoms with Crippen LogP contribution in [0.5, 0.6) is 0 Å². The van der Waals surface area contributed by atoms with Gasteiger partial charge in [-0.1, -0.05) is 6.92 Å². The topological polar surface area (TPSA) is 90.9 Å². The Labute approximate surface area is 133 Å². The molecule has 1 amide bonds. The molecule has 0 saturated carbocycles. The Morgan fingerprint density at radius 3 is 2.68 bits per heavy atom. The van der Waals surface area contributed by atoms with Crippen molar-refractivity contribution < 1.29 is 13.2 Å². The molecule has 1 unspecified atom stereocenters. The molecule has 2 N–H and O–H groups in total. The molecule has 1 atom stereocenters. The van der Waals surface area contributed by atoms with Gasteiger partial charge in [0.05, 0.1) is 5.75 Å². The van der Waals surface area contributed by atoms with Gasteiger partial charge in [0.15, 0.2) is 5.96 Å². The van der Waals surface area contributed by atoms with Crippen LogP contribution in [0.25, 0.3) is 0 Å². The molecule has 22 heavy (non-hydrogen) atoms. The van der Waals surface area contributed by atoms with Gasteiger partial charge < -0.3 is 15.5 Å². The number of amides is 1. The van der Waals surface area contributed by atoms with Crippen LogP contribution in [0.2, 0.25) is 0 Å². The number of carbonyl (C=O) groups is 1. The number of hydrogen-bond acceptors (Lipinski definition) is 4. The summed E-state index contributed by atoms with van der Waals surface area (Å²) in [5, 5.41) is 6.47. The van der Waals surface area contributed by atoms with E-state index in [0.717, 1.165) is 19.5 Å². The van der Waals surface area contributed by atoms with Gasteiger partial charge in [0.1, 0.15) is 9.84 Å². The van der Waals surface area contributed by atoms with Crippen molar-refractivity contribution in [2.24, 2.45) is 4.99 Å². The van der Waals surface area contributed by atoms with Crippen molar-refractivity contribution >= 4 is 21.7 Å². The minimum Gasteiger partial charge on any atom is -0.357 e. The zero-order valence-corrected chi connectivity index (χ0v) is 14.6. The van der Waals surface area contributed by atoms with Crippen molar-refractivity contribution in [2.45, 2.75) is 39.2 Å². The molecule has 1 rings (SSSR count). The smallest absolute Gasteiger partial charge is 0.222 e. The molecule has 0 aliphatic carbocycles. The minimum atomic E-state index is -2.93. The van der Waals surface area contributed by atoms with Gasteiger partial charge >= 0.3 is 0 Å².